The maximum absolute atomic E-state index is 9.61. The summed E-state index contributed by atoms with van der Waals surface area (Å²) in [5, 5.41) is 9.61. The fourth-order valence-electron chi connectivity index (χ4n) is 1.85. The van der Waals surface area contributed by atoms with Crippen molar-refractivity contribution in [3.8, 4) is 17.6 Å². The summed E-state index contributed by atoms with van der Waals surface area (Å²) in [6.07, 6.45) is 0. The second-order valence-corrected chi connectivity index (χ2v) is 5.56. The highest BCUT2D eigenvalue weighted by Gasteiger charge is 2.06. The number of hydrogen-bond donors (Lipinski definition) is 1. The van der Waals surface area contributed by atoms with Crippen molar-refractivity contribution >= 4 is 0 Å². The molecule has 0 unspecified atom stereocenters. The van der Waals surface area contributed by atoms with E-state index in [1.54, 1.807) is 13.8 Å². The first-order valence-electron chi connectivity index (χ1n) is 6.97. The second kappa shape index (κ2) is 6.47. The molecule has 0 atom stereocenters. The molecule has 1 N–H and O–H groups in total. The number of benzene rings is 2. The molecule has 2 nitrogen and oxygen atoms in total. The molecule has 21 heavy (non-hydrogen) atoms. The molecule has 108 valence electrons. The van der Waals surface area contributed by atoms with E-state index in [4.69, 9.17) is 4.74 Å². The van der Waals surface area contributed by atoms with Crippen molar-refractivity contribution in [3.05, 3.63) is 65.2 Å². The molecule has 0 aliphatic rings. The molecular weight excluding hydrogens is 260 g/mol. The molecule has 2 aromatic rings. The minimum atomic E-state index is -0.976. The third-order valence-corrected chi connectivity index (χ3v) is 2.92. The Morgan fingerprint density at radius 3 is 2.43 bits per heavy atom. The number of rotatable bonds is 3. The summed E-state index contributed by atoms with van der Waals surface area (Å²) in [5.74, 6) is 6.63. The van der Waals surface area contributed by atoms with E-state index in [2.05, 4.69) is 11.8 Å². The van der Waals surface area contributed by atoms with Gasteiger partial charge in [0.05, 0.1) is 0 Å². The predicted molar refractivity (Wildman–Crippen MR) is 85.1 cm³/mol. The normalized spacial score (nSPS) is 10.7. The Labute approximate surface area is 126 Å². The molecule has 2 heteroatoms. The Kier molecular flexibility index (Phi) is 4.67. The first-order chi connectivity index (χ1) is 9.94. The first kappa shape index (κ1) is 15.2. The lowest BCUT2D eigenvalue weighted by molar-refractivity contribution is 0.143. The maximum Gasteiger partial charge on any atom is 0.122 e. The van der Waals surface area contributed by atoms with E-state index >= 15 is 0 Å². The minimum absolute atomic E-state index is 0.552. The van der Waals surface area contributed by atoms with Crippen LogP contribution in [0.5, 0.6) is 5.75 Å². The third-order valence-electron chi connectivity index (χ3n) is 2.92. The van der Waals surface area contributed by atoms with Crippen molar-refractivity contribution in [1.29, 1.82) is 0 Å². The monoisotopic (exact) mass is 280 g/mol. The van der Waals surface area contributed by atoms with Gasteiger partial charge in [-0.2, -0.15) is 0 Å². The first-order valence-corrected chi connectivity index (χ1v) is 6.97. The molecule has 0 bridgehead atoms. The molecule has 0 saturated carbocycles. The highest BCUT2D eigenvalue weighted by molar-refractivity contribution is 5.44. The van der Waals surface area contributed by atoms with E-state index in [9.17, 15) is 5.11 Å². The fraction of sp³-hybridized carbons (Fsp3) is 0.263. The van der Waals surface area contributed by atoms with E-state index in [0.29, 0.717) is 6.61 Å². The average molecular weight is 280 g/mol. The van der Waals surface area contributed by atoms with Crippen molar-refractivity contribution in [1.82, 2.24) is 0 Å². The van der Waals surface area contributed by atoms with Crippen molar-refractivity contribution in [2.24, 2.45) is 0 Å². The van der Waals surface area contributed by atoms with Crippen LogP contribution < -0.4 is 4.74 Å². The molecule has 0 aliphatic heterocycles. The number of aryl methyl sites for hydroxylation is 1. The van der Waals surface area contributed by atoms with Gasteiger partial charge in [0.25, 0.3) is 0 Å². The van der Waals surface area contributed by atoms with Crippen LogP contribution in [0, 0.1) is 18.8 Å². The van der Waals surface area contributed by atoms with E-state index in [0.717, 1.165) is 22.4 Å². The molecule has 0 amide bonds. The van der Waals surface area contributed by atoms with Crippen LogP contribution in [0.25, 0.3) is 0 Å². The summed E-state index contributed by atoms with van der Waals surface area (Å²) in [4.78, 5) is 0. The minimum Gasteiger partial charge on any atom is -0.489 e. The molecule has 0 fully saturated rings. The quantitative estimate of drug-likeness (QED) is 0.869. The van der Waals surface area contributed by atoms with Crippen LogP contribution >= 0.6 is 0 Å². The van der Waals surface area contributed by atoms with Crippen LogP contribution in [0.3, 0.4) is 0 Å². The van der Waals surface area contributed by atoms with Crippen LogP contribution in [0.4, 0.5) is 0 Å². The lowest BCUT2D eigenvalue weighted by Gasteiger charge is -2.10. The summed E-state index contributed by atoms with van der Waals surface area (Å²) in [5.41, 5.74) is 2.08. The van der Waals surface area contributed by atoms with E-state index in [1.165, 1.54) is 0 Å². The van der Waals surface area contributed by atoms with Crippen LogP contribution in [0.1, 0.15) is 30.5 Å². The summed E-state index contributed by atoms with van der Waals surface area (Å²) < 4.78 is 5.83. The highest BCUT2D eigenvalue weighted by atomic mass is 16.5. The molecule has 0 spiro atoms. The summed E-state index contributed by atoms with van der Waals surface area (Å²) in [7, 11) is 0. The van der Waals surface area contributed by atoms with Crippen molar-refractivity contribution in [2.45, 2.75) is 33.0 Å². The molecule has 0 aromatic heterocycles. The Hall–Kier alpha value is -2.24. The molecule has 0 aliphatic carbocycles. The standard InChI is InChI=1S/C19H20O2/c1-15-13-16(11-12-19(2,3)20)9-10-18(15)21-14-17-7-5-4-6-8-17/h4-10,13,20H,14H2,1-3H3. The van der Waals surface area contributed by atoms with Gasteiger partial charge in [0.15, 0.2) is 0 Å². The second-order valence-electron chi connectivity index (χ2n) is 5.56. The van der Waals surface area contributed by atoms with Gasteiger partial charge in [-0.05, 0) is 50.1 Å². The lowest BCUT2D eigenvalue weighted by Crippen LogP contribution is -2.14. The molecule has 0 radical (unpaired) electrons. The zero-order chi connectivity index (χ0) is 15.3. The number of aliphatic hydroxyl groups is 1. The van der Waals surface area contributed by atoms with Crippen molar-refractivity contribution < 1.29 is 9.84 Å². The molecule has 0 heterocycles. The Morgan fingerprint density at radius 2 is 1.81 bits per heavy atom. The molecular formula is C19H20O2. The molecule has 2 rings (SSSR count). The SMILES string of the molecule is Cc1cc(C#CC(C)(C)O)ccc1OCc1ccccc1. The number of hydrogen-bond acceptors (Lipinski definition) is 2. The Balaban J connectivity index is 2.07. The highest BCUT2D eigenvalue weighted by Crippen LogP contribution is 2.20. The summed E-state index contributed by atoms with van der Waals surface area (Å²) in [6.45, 7) is 5.89. The van der Waals surface area contributed by atoms with Gasteiger partial charge in [-0.15, -0.1) is 0 Å². The molecule has 0 saturated heterocycles. The smallest absolute Gasteiger partial charge is 0.122 e. The maximum atomic E-state index is 9.61. The van der Waals surface area contributed by atoms with E-state index in [1.807, 2.05) is 55.5 Å². The fourth-order valence-corrected chi connectivity index (χ4v) is 1.85. The largest absolute Gasteiger partial charge is 0.489 e. The Bertz CT molecular complexity index is 655. The summed E-state index contributed by atoms with van der Waals surface area (Å²) >= 11 is 0. The zero-order valence-corrected chi connectivity index (χ0v) is 12.7. The van der Waals surface area contributed by atoms with Crippen molar-refractivity contribution in [3.63, 3.8) is 0 Å². The van der Waals surface area contributed by atoms with Gasteiger partial charge in [0.2, 0.25) is 0 Å². The summed E-state index contributed by atoms with van der Waals surface area (Å²) in [6, 6.07) is 15.9. The van der Waals surface area contributed by atoms with Gasteiger partial charge in [0, 0.05) is 5.56 Å². The van der Waals surface area contributed by atoms with Gasteiger partial charge >= 0.3 is 0 Å². The van der Waals surface area contributed by atoms with Gasteiger partial charge < -0.3 is 9.84 Å². The van der Waals surface area contributed by atoms with Crippen LogP contribution in [-0.2, 0) is 6.61 Å². The van der Waals surface area contributed by atoms with Crippen LogP contribution in [0.2, 0.25) is 0 Å². The van der Waals surface area contributed by atoms with Gasteiger partial charge in [0.1, 0.15) is 18.0 Å². The van der Waals surface area contributed by atoms with E-state index in [-0.39, 0.29) is 0 Å². The topological polar surface area (TPSA) is 29.5 Å². The van der Waals surface area contributed by atoms with E-state index < -0.39 is 5.60 Å². The predicted octanol–water partition coefficient (Wildman–Crippen LogP) is 3.70. The Morgan fingerprint density at radius 1 is 1.10 bits per heavy atom. The van der Waals surface area contributed by atoms with Gasteiger partial charge in [-0.1, -0.05) is 42.2 Å². The zero-order valence-electron chi connectivity index (χ0n) is 12.7. The van der Waals surface area contributed by atoms with Gasteiger partial charge in [-0.3, -0.25) is 0 Å². The van der Waals surface area contributed by atoms with Crippen LogP contribution in [0.15, 0.2) is 48.5 Å². The van der Waals surface area contributed by atoms with Gasteiger partial charge in [-0.25, -0.2) is 0 Å². The average Bonchev–Trinajstić information content (AvgIpc) is 2.44. The third kappa shape index (κ3) is 4.98. The number of ether oxygens (including phenoxy) is 1. The lowest BCUT2D eigenvalue weighted by atomic mass is 10.1. The van der Waals surface area contributed by atoms with Crippen molar-refractivity contribution in [2.75, 3.05) is 0 Å². The molecule has 2 aromatic carbocycles. The van der Waals surface area contributed by atoms with Crippen LogP contribution in [-0.4, -0.2) is 10.7 Å².